The molecule has 1 saturated carbocycles. The van der Waals surface area contributed by atoms with E-state index in [2.05, 4.69) is 15.4 Å². The molecule has 2 N–H and O–H groups in total. The van der Waals surface area contributed by atoms with Gasteiger partial charge in [0.05, 0.1) is 13.0 Å². The summed E-state index contributed by atoms with van der Waals surface area (Å²) in [6.07, 6.45) is -2.58. The molecule has 0 unspecified atom stereocenters. The van der Waals surface area contributed by atoms with Crippen LogP contribution in [0.2, 0.25) is 0 Å². The van der Waals surface area contributed by atoms with Gasteiger partial charge < -0.3 is 15.4 Å². The van der Waals surface area contributed by atoms with Gasteiger partial charge in [0, 0.05) is 17.3 Å². The van der Waals surface area contributed by atoms with Crippen LogP contribution < -0.4 is 10.6 Å². The highest BCUT2D eigenvalue weighted by atomic mass is 19.4. The van der Waals surface area contributed by atoms with Crippen LogP contribution in [0.15, 0.2) is 24.3 Å². The summed E-state index contributed by atoms with van der Waals surface area (Å²) < 4.78 is 39.9. The second kappa shape index (κ2) is 7.45. The number of rotatable bonds is 7. The van der Waals surface area contributed by atoms with E-state index in [0.29, 0.717) is 11.3 Å². The van der Waals surface area contributed by atoms with Gasteiger partial charge in [-0.05, 0) is 37.1 Å². The van der Waals surface area contributed by atoms with Gasteiger partial charge in [0.2, 0.25) is 5.91 Å². The Morgan fingerprint density at radius 2 is 1.83 bits per heavy atom. The van der Waals surface area contributed by atoms with Crippen LogP contribution in [0.5, 0.6) is 0 Å². The summed E-state index contributed by atoms with van der Waals surface area (Å²) in [5.41, 5.74) is 0.956. The van der Waals surface area contributed by atoms with Gasteiger partial charge in [-0.15, -0.1) is 0 Å². The van der Waals surface area contributed by atoms with Gasteiger partial charge in [-0.25, -0.2) is 0 Å². The minimum atomic E-state index is -4.40. The highest BCUT2D eigenvalue weighted by Gasteiger charge is 2.27. The van der Waals surface area contributed by atoms with Crippen molar-refractivity contribution >= 4 is 17.5 Å². The van der Waals surface area contributed by atoms with Crippen molar-refractivity contribution in [1.29, 1.82) is 0 Å². The molecular formula is C15H17F3N2O3. The Morgan fingerprint density at radius 3 is 2.39 bits per heavy atom. The van der Waals surface area contributed by atoms with E-state index in [0.717, 1.165) is 12.8 Å². The molecule has 0 aromatic heterocycles. The first-order chi connectivity index (χ1) is 10.8. The fraction of sp³-hybridized carbons (Fsp3) is 0.467. The van der Waals surface area contributed by atoms with Crippen LogP contribution >= 0.6 is 0 Å². The Kier molecular flexibility index (Phi) is 5.59. The summed E-state index contributed by atoms with van der Waals surface area (Å²) in [5, 5.41) is 5.37. The molecule has 0 aliphatic heterocycles. The van der Waals surface area contributed by atoms with Crippen molar-refractivity contribution < 1.29 is 27.5 Å². The fourth-order valence-corrected chi connectivity index (χ4v) is 1.78. The van der Waals surface area contributed by atoms with Crippen LogP contribution in [0.4, 0.5) is 18.9 Å². The van der Waals surface area contributed by atoms with E-state index in [4.69, 9.17) is 0 Å². The molecule has 23 heavy (non-hydrogen) atoms. The number of carbonyl (C=O) groups is 2. The monoisotopic (exact) mass is 330 g/mol. The van der Waals surface area contributed by atoms with Gasteiger partial charge >= 0.3 is 6.18 Å². The lowest BCUT2D eigenvalue weighted by Crippen LogP contribution is -2.25. The Labute approximate surface area is 131 Å². The molecule has 0 spiro atoms. The number of amides is 2. The summed E-state index contributed by atoms with van der Waals surface area (Å²) >= 11 is 0. The number of hydrogen-bond acceptors (Lipinski definition) is 3. The molecule has 1 aromatic carbocycles. The zero-order chi connectivity index (χ0) is 16.9. The predicted octanol–water partition coefficient (Wildman–Crippen LogP) is 2.49. The van der Waals surface area contributed by atoms with Crippen molar-refractivity contribution in [2.45, 2.75) is 31.5 Å². The molecule has 0 bridgehead atoms. The van der Waals surface area contributed by atoms with Crippen LogP contribution in [0.1, 0.15) is 29.6 Å². The van der Waals surface area contributed by atoms with Gasteiger partial charge in [-0.3, -0.25) is 9.59 Å². The first-order valence-electron chi connectivity index (χ1n) is 7.19. The number of anilines is 1. The van der Waals surface area contributed by atoms with Crippen LogP contribution in [-0.2, 0) is 9.53 Å². The van der Waals surface area contributed by atoms with Crippen molar-refractivity contribution in [2.24, 2.45) is 0 Å². The number of alkyl halides is 3. The molecule has 1 aliphatic carbocycles. The van der Waals surface area contributed by atoms with E-state index in [9.17, 15) is 22.8 Å². The van der Waals surface area contributed by atoms with Gasteiger partial charge in [0.15, 0.2) is 0 Å². The Bertz CT molecular complexity index is 554. The summed E-state index contributed by atoms with van der Waals surface area (Å²) in [7, 11) is 0. The first kappa shape index (κ1) is 17.3. The van der Waals surface area contributed by atoms with Crippen molar-refractivity contribution in [2.75, 3.05) is 18.5 Å². The molecule has 0 heterocycles. The van der Waals surface area contributed by atoms with Crippen molar-refractivity contribution in [3.63, 3.8) is 0 Å². The second-order valence-corrected chi connectivity index (χ2v) is 5.29. The number of nitrogens with one attached hydrogen (secondary N) is 2. The normalized spacial score (nSPS) is 14.4. The molecule has 2 amide bonds. The Balaban J connectivity index is 1.72. The largest absolute Gasteiger partial charge is 0.411 e. The van der Waals surface area contributed by atoms with Crippen LogP contribution in [0.3, 0.4) is 0 Å². The van der Waals surface area contributed by atoms with Crippen molar-refractivity contribution in [3.8, 4) is 0 Å². The lowest BCUT2D eigenvalue weighted by atomic mass is 10.2. The number of halogens is 3. The number of carbonyl (C=O) groups excluding carboxylic acids is 2. The summed E-state index contributed by atoms with van der Waals surface area (Å²) in [6.45, 7) is -1.68. The van der Waals surface area contributed by atoms with Crippen molar-refractivity contribution in [1.82, 2.24) is 5.32 Å². The topological polar surface area (TPSA) is 67.4 Å². The highest BCUT2D eigenvalue weighted by molar-refractivity contribution is 5.96. The summed E-state index contributed by atoms with van der Waals surface area (Å²) in [4.78, 5) is 23.3. The SMILES string of the molecule is O=C(CCOCC(F)(F)F)Nc1ccc(C(=O)NC2CC2)cc1. The molecule has 0 saturated heterocycles. The van der Waals surface area contributed by atoms with Gasteiger partial charge in [-0.2, -0.15) is 13.2 Å². The summed E-state index contributed by atoms with van der Waals surface area (Å²) in [5.74, 6) is -0.617. The van der Waals surface area contributed by atoms with Crippen LogP contribution in [0.25, 0.3) is 0 Å². The molecule has 1 aromatic rings. The number of hydrogen-bond donors (Lipinski definition) is 2. The molecule has 0 atom stereocenters. The second-order valence-electron chi connectivity index (χ2n) is 5.29. The average Bonchev–Trinajstić information content (AvgIpc) is 3.27. The maximum Gasteiger partial charge on any atom is 0.411 e. The molecule has 2 rings (SSSR count). The van der Waals surface area contributed by atoms with E-state index < -0.39 is 18.7 Å². The Morgan fingerprint density at radius 1 is 1.17 bits per heavy atom. The Hall–Kier alpha value is -2.09. The number of benzene rings is 1. The minimum Gasteiger partial charge on any atom is -0.372 e. The van der Waals surface area contributed by atoms with Gasteiger partial charge in [0.25, 0.3) is 5.91 Å². The van der Waals surface area contributed by atoms with E-state index in [1.165, 1.54) is 0 Å². The molecule has 1 fully saturated rings. The van der Waals surface area contributed by atoms with Crippen LogP contribution in [-0.4, -0.2) is 37.2 Å². The molecule has 1 aliphatic rings. The standard InChI is InChI=1S/C15H17F3N2O3/c16-15(17,18)9-23-8-7-13(21)19-11-3-1-10(2-4-11)14(22)20-12-5-6-12/h1-4,12H,5-9H2,(H,19,21)(H,20,22). The summed E-state index contributed by atoms with van der Waals surface area (Å²) in [6, 6.07) is 6.55. The zero-order valence-electron chi connectivity index (χ0n) is 12.3. The lowest BCUT2D eigenvalue weighted by Gasteiger charge is -2.09. The smallest absolute Gasteiger partial charge is 0.372 e. The molecule has 5 nitrogen and oxygen atoms in total. The van der Waals surface area contributed by atoms with Gasteiger partial charge in [-0.1, -0.05) is 0 Å². The highest BCUT2D eigenvalue weighted by Crippen LogP contribution is 2.19. The molecule has 126 valence electrons. The molecule has 8 heteroatoms. The van der Waals surface area contributed by atoms with E-state index >= 15 is 0 Å². The zero-order valence-corrected chi connectivity index (χ0v) is 12.3. The maximum atomic E-state index is 11.9. The first-order valence-corrected chi connectivity index (χ1v) is 7.19. The van der Waals surface area contributed by atoms with E-state index in [1.54, 1.807) is 24.3 Å². The van der Waals surface area contributed by atoms with Gasteiger partial charge in [0.1, 0.15) is 6.61 Å². The predicted molar refractivity (Wildman–Crippen MR) is 77.1 cm³/mol. The third-order valence-corrected chi connectivity index (χ3v) is 3.08. The maximum absolute atomic E-state index is 11.9. The average molecular weight is 330 g/mol. The van der Waals surface area contributed by atoms with Crippen molar-refractivity contribution in [3.05, 3.63) is 29.8 Å². The fourth-order valence-electron chi connectivity index (χ4n) is 1.78. The van der Waals surface area contributed by atoms with Crippen LogP contribution in [0, 0.1) is 0 Å². The quantitative estimate of drug-likeness (QED) is 0.755. The number of ether oxygens (including phenoxy) is 1. The third-order valence-electron chi connectivity index (χ3n) is 3.08. The third kappa shape index (κ3) is 6.68. The van der Waals surface area contributed by atoms with E-state index in [-0.39, 0.29) is 25.0 Å². The molecule has 0 radical (unpaired) electrons. The van der Waals surface area contributed by atoms with E-state index in [1.807, 2.05) is 0 Å². The lowest BCUT2D eigenvalue weighted by molar-refractivity contribution is -0.174. The molecular weight excluding hydrogens is 313 g/mol. The minimum absolute atomic E-state index is 0.161.